The number of ether oxygens (including phenoxy) is 5. The number of esters is 1. The fourth-order valence-electron chi connectivity index (χ4n) is 3.48. The first-order valence-corrected chi connectivity index (χ1v) is 13.4. The molecule has 0 aliphatic carbocycles. The summed E-state index contributed by atoms with van der Waals surface area (Å²) in [6.45, 7) is 6.97. The van der Waals surface area contributed by atoms with E-state index in [-0.39, 0.29) is 12.6 Å². The van der Waals surface area contributed by atoms with E-state index in [2.05, 4.69) is 6.92 Å². The van der Waals surface area contributed by atoms with E-state index < -0.39 is 0 Å². The van der Waals surface area contributed by atoms with Crippen LogP contribution in [0.3, 0.4) is 0 Å². The molecule has 0 saturated carbocycles. The molecule has 1 rings (SSSR count). The number of carbonyl (C=O) groups excluding carboxylic acids is 1. The van der Waals surface area contributed by atoms with Crippen LogP contribution in [0.25, 0.3) is 0 Å². The van der Waals surface area contributed by atoms with Gasteiger partial charge in [0.1, 0.15) is 6.61 Å². The fraction of sp³-hybridized carbons (Fsp3) is 0.750. The van der Waals surface area contributed by atoms with Gasteiger partial charge >= 0.3 is 5.97 Å². The molecule has 0 heterocycles. The molecule has 0 aliphatic heterocycles. The molecule has 0 fully saturated rings. The maximum Gasteiger partial charge on any atom is 0.338 e. The van der Waals surface area contributed by atoms with Crippen molar-refractivity contribution in [1.29, 1.82) is 0 Å². The van der Waals surface area contributed by atoms with Crippen LogP contribution in [0.15, 0.2) is 30.3 Å². The molecular weight excluding hydrogens is 432 g/mol. The van der Waals surface area contributed by atoms with Gasteiger partial charge in [-0.1, -0.05) is 89.3 Å². The van der Waals surface area contributed by atoms with Crippen molar-refractivity contribution in [3.63, 3.8) is 0 Å². The van der Waals surface area contributed by atoms with Crippen molar-refractivity contribution in [3.8, 4) is 0 Å². The third-order valence-electron chi connectivity index (χ3n) is 5.48. The summed E-state index contributed by atoms with van der Waals surface area (Å²) in [5, 5.41) is 0. The number of hydrogen-bond acceptors (Lipinski definition) is 6. The van der Waals surface area contributed by atoms with Gasteiger partial charge in [-0.25, -0.2) is 4.79 Å². The Balaban J connectivity index is 1.68. The lowest BCUT2D eigenvalue weighted by Gasteiger charge is -2.08. The molecule has 0 saturated heterocycles. The Morgan fingerprint density at radius 1 is 0.529 bits per heavy atom. The maximum atomic E-state index is 11.7. The molecule has 6 heteroatoms. The second-order valence-electron chi connectivity index (χ2n) is 8.49. The van der Waals surface area contributed by atoms with Crippen LogP contribution in [0.2, 0.25) is 0 Å². The van der Waals surface area contributed by atoms with E-state index in [1.54, 1.807) is 24.3 Å². The van der Waals surface area contributed by atoms with Gasteiger partial charge in [0.05, 0.1) is 51.8 Å². The Kier molecular flexibility index (Phi) is 22.2. The van der Waals surface area contributed by atoms with Crippen LogP contribution in [0.4, 0.5) is 0 Å². The summed E-state index contributed by atoms with van der Waals surface area (Å²) in [6, 6.07) is 8.93. The third kappa shape index (κ3) is 20.0. The molecule has 0 N–H and O–H groups in total. The van der Waals surface area contributed by atoms with Gasteiger partial charge in [0.2, 0.25) is 0 Å². The zero-order valence-corrected chi connectivity index (χ0v) is 21.5. The molecule has 1 aromatic rings. The highest BCUT2D eigenvalue weighted by molar-refractivity contribution is 5.89. The number of carbonyl (C=O) groups is 1. The van der Waals surface area contributed by atoms with Gasteiger partial charge in [0, 0.05) is 6.61 Å². The molecule has 0 atom stereocenters. The van der Waals surface area contributed by atoms with Crippen molar-refractivity contribution in [2.75, 3.05) is 59.5 Å². The molecule has 0 unspecified atom stereocenters. The maximum absolute atomic E-state index is 11.7. The summed E-state index contributed by atoms with van der Waals surface area (Å²) in [7, 11) is 0. The van der Waals surface area contributed by atoms with Gasteiger partial charge in [0.25, 0.3) is 0 Å². The first-order chi connectivity index (χ1) is 16.8. The second kappa shape index (κ2) is 24.6. The highest BCUT2D eigenvalue weighted by Crippen LogP contribution is 2.11. The number of benzene rings is 1. The largest absolute Gasteiger partial charge is 0.460 e. The topological polar surface area (TPSA) is 63.2 Å². The van der Waals surface area contributed by atoms with E-state index in [1.807, 2.05) is 6.07 Å². The van der Waals surface area contributed by atoms with Crippen LogP contribution in [0, 0.1) is 0 Å². The summed E-state index contributed by atoms with van der Waals surface area (Å²) in [5.74, 6) is -0.333. The van der Waals surface area contributed by atoms with Crippen LogP contribution in [0.1, 0.15) is 87.9 Å². The summed E-state index contributed by atoms with van der Waals surface area (Å²) in [4.78, 5) is 11.7. The van der Waals surface area contributed by atoms with E-state index in [1.165, 1.54) is 64.2 Å². The molecule has 0 radical (unpaired) electrons. The minimum Gasteiger partial charge on any atom is -0.460 e. The van der Waals surface area contributed by atoms with Gasteiger partial charge < -0.3 is 23.7 Å². The van der Waals surface area contributed by atoms with E-state index in [4.69, 9.17) is 23.7 Å². The Morgan fingerprint density at radius 2 is 0.941 bits per heavy atom. The first-order valence-electron chi connectivity index (χ1n) is 13.4. The average molecular weight is 481 g/mol. The lowest BCUT2D eigenvalue weighted by atomic mass is 10.1. The summed E-state index contributed by atoms with van der Waals surface area (Å²) >= 11 is 0. The van der Waals surface area contributed by atoms with Gasteiger partial charge in [-0.2, -0.15) is 0 Å². The monoisotopic (exact) mass is 480 g/mol. The molecule has 0 amide bonds. The first kappa shape index (κ1) is 30.6. The Bertz CT molecular complexity index is 551. The average Bonchev–Trinajstić information content (AvgIpc) is 2.87. The fourth-order valence-corrected chi connectivity index (χ4v) is 3.48. The minimum atomic E-state index is -0.333. The summed E-state index contributed by atoms with van der Waals surface area (Å²) < 4.78 is 27.1. The van der Waals surface area contributed by atoms with Crippen LogP contribution in [-0.2, 0) is 23.7 Å². The van der Waals surface area contributed by atoms with E-state index in [9.17, 15) is 4.79 Å². The number of hydrogen-bond donors (Lipinski definition) is 0. The van der Waals surface area contributed by atoms with Crippen molar-refractivity contribution in [2.45, 2.75) is 77.6 Å². The smallest absolute Gasteiger partial charge is 0.338 e. The second-order valence-corrected chi connectivity index (χ2v) is 8.49. The van der Waals surface area contributed by atoms with Crippen LogP contribution in [-0.4, -0.2) is 65.4 Å². The van der Waals surface area contributed by atoms with E-state index in [0.29, 0.717) is 51.8 Å². The summed E-state index contributed by atoms with van der Waals surface area (Å²) in [6.07, 6.45) is 14.9. The highest BCUT2D eigenvalue weighted by Gasteiger charge is 2.05. The Morgan fingerprint density at radius 3 is 1.44 bits per heavy atom. The molecule has 0 aromatic heterocycles. The molecular formula is C28H48O6. The van der Waals surface area contributed by atoms with Crippen molar-refractivity contribution < 1.29 is 28.5 Å². The highest BCUT2D eigenvalue weighted by atomic mass is 16.6. The van der Waals surface area contributed by atoms with Gasteiger partial charge in [-0.3, -0.25) is 0 Å². The minimum absolute atomic E-state index is 0.232. The number of rotatable bonds is 25. The van der Waals surface area contributed by atoms with Gasteiger partial charge in [0.15, 0.2) is 0 Å². The lowest BCUT2D eigenvalue weighted by Crippen LogP contribution is -2.14. The zero-order chi connectivity index (χ0) is 24.4. The standard InChI is InChI=1S/C28H48O6/c1-2-3-4-5-6-7-8-9-10-11-15-18-30-19-20-31-21-22-32-23-24-33-25-26-34-28(29)27-16-13-12-14-17-27/h12-14,16-17H,2-11,15,18-26H2,1H3. The van der Waals surface area contributed by atoms with Crippen LogP contribution < -0.4 is 0 Å². The molecule has 0 aliphatic rings. The predicted molar refractivity (Wildman–Crippen MR) is 136 cm³/mol. The Labute approximate surface area is 207 Å². The van der Waals surface area contributed by atoms with Gasteiger partial charge in [-0.05, 0) is 18.6 Å². The quantitative estimate of drug-likeness (QED) is 0.122. The molecule has 6 nitrogen and oxygen atoms in total. The van der Waals surface area contributed by atoms with Crippen LogP contribution in [0.5, 0.6) is 0 Å². The zero-order valence-electron chi connectivity index (χ0n) is 21.5. The van der Waals surface area contributed by atoms with Gasteiger partial charge in [-0.15, -0.1) is 0 Å². The predicted octanol–water partition coefficient (Wildman–Crippen LogP) is 6.22. The van der Waals surface area contributed by atoms with Crippen molar-refractivity contribution in [1.82, 2.24) is 0 Å². The molecule has 0 spiro atoms. The molecule has 1 aromatic carbocycles. The SMILES string of the molecule is CCCCCCCCCCCCCOCCOCCOCCOCCOC(=O)c1ccccc1. The lowest BCUT2D eigenvalue weighted by molar-refractivity contribution is -0.00913. The van der Waals surface area contributed by atoms with Crippen molar-refractivity contribution >= 4 is 5.97 Å². The van der Waals surface area contributed by atoms with Crippen LogP contribution >= 0.6 is 0 Å². The third-order valence-corrected chi connectivity index (χ3v) is 5.48. The summed E-state index contributed by atoms with van der Waals surface area (Å²) in [5.41, 5.74) is 0.547. The van der Waals surface area contributed by atoms with E-state index >= 15 is 0 Å². The van der Waals surface area contributed by atoms with Crippen molar-refractivity contribution in [2.24, 2.45) is 0 Å². The normalized spacial score (nSPS) is 11.1. The molecule has 196 valence electrons. The molecule has 34 heavy (non-hydrogen) atoms. The Hall–Kier alpha value is -1.47. The van der Waals surface area contributed by atoms with E-state index in [0.717, 1.165) is 13.0 Å². The van der Waals surface area contributed by atoms with Crippen molar-refractivity contribution in [3.05, 3.63) is 35.9 Å². The molecule has 0 bridgehead atoms. The number of unbranched alkanes of at least 4 members (excludes halogenated alkanes) is 10.